The van der Waals surface area contributed by atoms with E-state index in [4.69, 9.17) is 16.7 Å². The molecule has 1 rings (SSSR count). The fourth-order valence-corrected chi connectivity index (χ4v) is 1.69. The zero-order valence-electron chi connectivity index (χ0n) is 9.09. The number of hydrogen-bond donors (Lipinski definition) is 2. The minimum Gasteiger partial charge on any atom is -0.396 e. The van der Waals surface area contributed by atoms with Crippen molar-refractivity contribution in [1.82, 2.24) is 0 Å². The first-order valence-corrected chi connectivity index (χ1v) is 5.72. The van der Waals surface area contributed by atoms with E-state index in [1.165, 1.54) is 5.56 Å². The van der Waals surface area contributed by atoms with Crippen molar-refractivity contribution in [2.24, 2.45) is 0 Å². The molecule has 0 saturated heterocycles. The number of nitrogens with one attached hydrogen (secondary N) is 1. The molecule has 0 unspecified atom stereocenters. The summed E-state index contributed by atoms with van der Waals surface area (Å²) in [5.41, 5.74) is 2.31. The molecule has 1 aromatic rings. The number of aryl methyl sites for hydroxylation is 1. The largest absolute Gasteiger partial charge is 0.396 e. The van der Waals surface area contributed by atoms with Crippen molar-refractivity contribution in [3.8, 4) is 0 Å². The lowest BCUT2D eigenvalue weighted by Crippen LogP contribution is -2.03. The lowest BCUT2D eigenvalue weighted by molar-refractivity contribution is 0.283. The molecular weight excluding hydrogens is 210 g/mol. The Labute approximate surface area is 96.3 Å². The van der Waals surface area contributed by atoms with Crippen LogP contribution in [0.25, 0.3) is 0 Å². The predicted octanol–water partition coefficient (Wildman–Crippen LogP) is 3.22. The number of rotatable bonds is 6. The van der Waals surface area contributed by atoms with Crippen LogP contribution in [0.3, 0.4) is 0 Å². The molecular formula is C12H18ClNO. The van der Waals surface area contributed by atoms with Crippen molar-refractivity contribution in [2.75, 3.05) is 18.5 Å². The third-order valence-corrected chi connectivity index (χ3v) is 2.57. The standard InChI is InChI=1S/C12H18ClNO/c1-10-9-11(13)5-6-12(10)14-7-3-2-4-8-15/h5-6,9,14-15H,2-4,7-8H2,1H3. The SMILES string of the molecule is Cc1cc(Cl)ccc1NCCCCCO. The summed E-state index contributed by atoms with van der Waals surface area (Å²) in [6, 6.07) is 5.85. The summed E-state index contributed by atoms with van der Waals surface area (Å²) in [5, 5.41) is 12.8. The second-order valence-corrected chi connectivity index (χ2v) is 4.11. The first-order chi connectivity index (χ1) is 7.24. The second kappa shape index (κ2) is 6.70. The van der Waals surface area contributed by atoms with E-state index in [1.807, 2.05) is 25.1 Å². The highest BCUT2D eigenvalue weighted by molar-refractivity contribution is 6.30. The van der Waals surface area contributed by atoms with Crippen molar-refractivity contribution in [1.29, 1.82) is 0 Å². The van der Waals surface area contributed by atoms with Gasteiger partial charge in [-0.2, -0.15) is 0 Å². The molecule has 0 aliphatic heterocycles. The van der Waals surface area contributed by atoms with Gasteiger partial charge in [0.05, 0.1) is 0 Å². The van der Waals surface area contributed by atoms with Crippen molar-refractivity contribution in [3.63, 3.8) is 0 Å². The van der Waals surface area contributed by atoms with Gasteiger partial charge in [0, 0.05) is 23.9 Å². The van der Waals surface area contributed by atoms with E-state index < -0.39 is 0 Å². The molecule has 2 nitrogen and oxygen atoms in total. The predicted molar refractivity (Wildman–Crippen MR) is 65.6 cm³/mol. The maximum absolute atomic E-state index is 8.62. The molecule has 0 amide bonds. The highest BCUT2D eigenvalue weighted by Gasteiger charge is 1.97. The Morgan fingerprint density at radius 2 is 2.07 bits per heavy atom. The Bertz CT molecular complexity index is 302. The molecule has 3 heteroatoms. The van der Waals surface area contributed by atoms with Crippen molar-refractivity contribution in [2.45, 2.75) is 26.2 Å². The Kier molecular flexibility index (Phi) is 5.51. The lowest BCUT2D eigenvalue weighted by atomic mass is 10.2. The molecule has 0 atom stereocenters. The smallest absolute Gasteiger partial charge is 0.0431 e. The fraction of sp³-hybridized carbons (Fsp3) is 0.500. The fourth-order valence-electron chi connectivity index (χ4n) is 1.46. The van der Waals surface area contributed by atoms with Gasteiger partial charge in [0.2, 0.25) is 0 Å². The molecule has 0 bridgehead atoms. The van der Waals surface area contributed by atoms with E-state index in [-0.39, 0.29) is 0 Å². The number of unbranched alkanes of at least 4 members (excludes halogenated alkanes) is 2. The minimum absolute atomic E-state index is 0.292. The monoisotopic (exact) mass is 227 g/mol. The second-order valence-electron chi connectivity index (χ2n) is 3.67. The van der Waals surface area contributed by atoms with Crippen LogP contribution in [-0.2, 0) is 0 Å². The third kappa shape index (κ3) is 4.54. The molecule has 0 spiro atoms. The highest BCUT2D eigenvalue weighted by atomic mass is 35.5. The van der Waals surface area contributed by atoms with Gasteiger partial charge in [0.15, 0.2) is 0 Å². The molecule has 0 aliphatic rings. The van der Waals surface area contributed by atoms with E-state index in [2.05, 4.69) is 5.32 Å². The zero-order valence-corrected chi connectivity index (χ0v) is 9.85. The maximum atomic E-state index is 8.62. The molecule has 0 saturated carbocycles. The van der Waals surface area contributed by atoms with Crippen LogP contribution in [0.2, 0.25) is 5.02 Å². The Hall–Kier alpha value is -0.730. The summed E-state index contributed by atoms with van der Waals surface area (Å²) in [5.74, 6) is 0. The number of halogens is 1. The van der Waals surface area contributed by atoms with Crippen LogP contribution in [0.5, 0.6) is 0 Å². The van der Waals surface area contributed by atoms with Gasteiger partial charge in [0.25, 0.3) is 0 Å². The Morgan fingerprint density at radius 3 is 2.73 bits per heavy atom. The van der Waals surface area contributed by atoms with E-state index in [0.29, 0.717) is 6.61 Å². The normalized spacial score (nSPS) is 10.3. The van der Waals surface area contributed by atoms with Gasteiger partial charge in [-0.05, 0) is 49.9 Å². The van der Waals surface area contributed by atoms with Gasteiger partial charge >= 0.3 is 0 Å². The van der Waals surface area contributed by atoms with Crippen LogP contribution < -0.4 is 5.32 Å². The number of hydrogen-bond acceptors (Lipinski definition) is 2. The molecule has 0 radical (unpaired) electrons. The molecule has 0 heterocycles. The van der Waals surface area contributed by atoms with E-state index in [0.717, 1.165) is 36.5 Å². The van der Waals surface area contributed by atoms with Crippen LogP contribution in [0.4, 0.5) is 5.69 Å². The summed E-state index contributed by atoms with van der Waals surface area (Å²) in [4.78, 5) is 0. The number of aliphatic hydroxyl groups is 1. The number of anilines is 1. The van der Waals surface area contributed by atoms with Crippen LogP contribution in [0, 0.1) is 6.92 Å². The van der Waals surface area contributed by atoms with Gasteiger partial charge in [-0.25, -0.2) is 0 Å². The summed E-state index contributed by atoms with van der Waals surface area (Å²) in [6.07, 6.45) is 3.04. The molecule has 84 valence electrons. The summed E-state index contributed by atoms with van der Waals surface area (Å²) in [7, 11) is 0. The molecule has 15 heavy (non-hydrogen) atoms. The van der Waals surface area contributed by atoms with Crippen LogP contribution in [0.1, 0.15) is 24.8 Å². The molecule has 2 N–H and O–H groups in total. The lowest BCUT2D eigenvalue weighted by Gasteiger charge is -2.09. The molecule has 0 aromatic heterocycles. The minimum atomic E-state index is 0.292. The van der Waals surface area contributed by atoms with Crippen LogP contribution in [-0.4, -0.2) is 18.3 Å². The van der Waals surface area contributed by atoms with Crippen molar-refractivity contribution < 1.29 is 5.11 Å². The van der Waals surface area contributed by atoms with Crippen LogP contribution >= 0.6 is 11.6 Å². The Balaban J connectivity index is 2.31. The quantitative estimate of drug-likeness (QED) is 0.732. The number of benzene rings is 1. The van der Waals surface area contributed by atoms with Crippen LogP contribution in [0.15, 0.2) is 18.2 Å². The maximum Gasteiger partial charge on any atom is 0.0431 e. The summed E-state index contributed by atoms with van der Waals surface area (Å²) >= 11 is 5.86. The number of aliphatic hydroxyl groups excluding tert-OH is 1. The van der Waals surface area contributed by atoms with E-state index >= 15 is 0 Å². The average Bonchev–Trinajstić information content (AvgIpc) is 2.20. The van der Waals surface area contributed by atoms with Gasteiger partial charge < -0.3 is 10.4 Å². The van der Waals surface area contributed by atoms with E-state index in [9.17, 15) is 0 Å². The molecule has 0 fully saturated rings. The van der Waals surface area contributed by atoms with E-state index in [1.54, 1.807) is 0 Å². The first kappa shape index (κ1) is 12.3. The van der Waals surface area contributed by atoms with Crippen molar-refractivity contribution >= 4 is 17.3 Å². The summed E-state index contributed by atoms with van der Waals surface area (Å²) < 4.78 is 0. The molecule has 1 aromatic carbocycles. The molecule has 0 aliphatic carbocycles. The van der Waals surface area contributed by atoms with Gasteiger partial charge in [-0.15, -0.1) is 0 Å². The highest BCUT2D eigenvalue weighted by Crippen LogP contribution is 2.19. The topological polar surface area (TPSA) is 32.3 Å². The third-order valence-electron chi connectivity index (χ3n) is 2.34. The van der Waals surface area contributed by atoms with Crippen molar-refractivity contribution in [3.05, 3.63) is 28.8 Å². The van der Waals surface area contributed by atoms with Gasteiger partial charge in [-0.1, -0.05) is 11.6 Å². The van der Waals surface area contributed by atoms with Gasteiger partial charge in [0.1, 0.15) is 0 Å². The first-order valence-electron chi connectivity index (χ1n) is 5.35. The van der Waals surface area contributed by atoms with Gasteiger partial charge in [-0.3, -0.25) is 0 Å². The summed E-state index contributed by atoms with van der Waals surface area (Å²) in [6.45, 7) is 3.28. The zero-order chi connectivity index (χ0) is 11.1. The Morgan fingerprint density at radius 1 is 1.27 bits per heavy atom. The average molecular weight is 228 g/mol.